The summed E-state index contributed by atoms with van der Waals surface area (Å²) < 4.78 is 23.5. The molecule has 0 unspecified atom stereocenters. The van der Waals surface area contributed by atoms with Crippen LogP contribution in [0.25, 0.3) is 0 Å². The van der Waals surface area contributed by atoms with Gasteiger partial charge in [-0.1, -0.05) is 27.2 Å². The summed E-state index contributed by atoms with van der Waals surface area (Å²) in [5.41, 5.74) is 5.66. The monoisotopic (exact) mass is 335 g/mol. The Bertz CT molecular complexity index is 397. The second-order valence-corrected chi connectivity index (χ2v) is 8.38. The highest BCUT2D eigenvalue weighted by molar-refractivity contribution is 7.91. The molecule has 22 heavy (non-hydrogen) atoms. The van der Waals surface area contributed by atoms with Gasteiger partial charge in [-0.2, -0.15) is 0 Å². The van der Waals surface area contributed by atoms with Gasteiger partial charge >= 0.3 is 0 Å². The zero-order chi connectivity index (χ0) is 17.0. The molecule has 0 aromatic rings. The number of sulfone groups is 1. The standard InChI is InChI=1S/C15H33N3O3S/c1-4-5-11-22(20,21)12-14(16)15(19)18-9-6-8-17-10-7-13(2)3/h13-14,17H,4-12,16H2,1-3H3,(H,18,19)/t14-/m1/s1. The van der Waals surface area contributed by atoms with Crippen LogP contribution >= 0.6 is 0 Å². The van der Waals surface area contributed by atoms with Crippen LogP contribution in [-0.2, 0) is 14.6 Å². The van der Waals surface area contributed by atoms with Crippen molar-refractivity contribution in [3.05, 3.63) is 0 Å². The van der Waals surface area contributed by atoms with E-state index in [1.54, 1.807) is 0 Å². The molecule has 4 N–H and O–H groups in total. The third-order valence-electron chi connectivity index (χ3n) is 3.31. The molecule has 0 aliphatic carbocycles. The Morgan fingerprint density at radius 3 is 2.41 bits per heavy atom. The Balaban J connectivity index is 3.78. The maximum Gasteiger partial charge on any atom is 0.237 e. The number of nitrogens with one attached hydrogen (secondary N) is 2. The summed E-state index contributed by atoms with van der Waals surface area (Å²) in [5.74, 6) is 0.123. The molecule has 132 valence electrons. The van der Waals surface area contributed by atoms with Crippen molar-refractivity contribution in [1.29, 1.82) is 0 Å². The van der Waals surface area contributed by atoms with Gasteiger partial charge in [0.25, 0.3) is 0 Å². The van der Waals surface area contributed by atoms with Crippen LogP contribution in [0.4, 0.5) is 0 Å². The predicted molar refractivity (Wildman–Crippen MR) is 91.5 cm³/mol. The quantitative estimate of drug-likeness (QED) is 0.429. The molecular formula is C15H33N3O3S. The first-order valence-electron chi connectivity index (χ1n) is 8.23. The Hall–Kier alpha value is -0.660. The van der Waals surface area contributed by atoms with Crippen LogP contribution in [-0.4, -0.2) is 51.5 Å². The van der Waals surface area contributed by atoms with Crippen molar-refractivity contribution in [2.75, 3.05) is 31.1 Å². The molecule has 1 amide bonds. The minimum absolute atomic E-state index is 0.101. The summed E-state index contributed by atoms with van der Waals surface area (Å²) in [6.07, 6.45) is 3.36. The SMILES string of the molecule is CCCCS(=O)(=O)C[C@@H](N)C(=O)NCCCNCCC(C)C. The van der Waals surface area contributed by atoms with Crippen molar-refractivity contribution < 1.29 is 13.2 Å². The Morgan fingerprint density at radius 1 is 1.14 bits per heavy atom. The summed E-state index contributed by atoms with van der Waals surface area (Å²) in [4.78, 5) is 11.8. The minimum Gasteiger partial charge on any atom is -0.355 e. The average Bonchev–Trinajstić information content (AvgIpc) is 2.43. The third kappa shape index (κ3) is 11.9. The van der Waals surface area contributed by atoms with E-state index in [4.69, 9.17) is 5.73 Å². The van der Waals surface area contributed by atoms with Gasteiger partial charge in [0.2, 0.25) is 5.91 Å². The number of hydrogen-bond acceptors (Lipinski definition) is 5. The number of rotatable bonds is 13. The summed E-state index contributed by atoms with van der Waals surface area (Å²) >= 11 is 0. The van der Waals surface area contributed by atoms with E-state index in [2.05, 4.69) is 24.5 Å². The van der Waals surface area contributed by atoms with Gasteiger partial charge < -0.3 is 16.4 Å². The highest BCUT2D eigenvalue weighted by Gasteiger charge is 2.21. The molecule has 0 aliphatic heterocycles. The van der Waals surface area contributed by atoms with E-state index in [0.29, 0.717) is 18.9 Å². The van der Waals surface area contributed by atoms with Crippen LogP contribution in [0.5, 0.6) is 0 Å². The van der Waals surface area contributed by atoms with Crippen LogP contribution in [0.15, 0.2) is 0 Å². The molecule has 0 aliphatic rings. The molecule has 6 nitrogen and oxygen atoms in total. The van der Waals surface area contributed by atoms with E-state index < -0.39 is 15.9 Å². The molecule has 0 saturated heterocycles. The van der Waals surface area contributed by atoms with Crippen LogP contribution in [0.3, 0.4) is 0 Å². The topological polar surface area (TPSA) is 101 Å². The molecule has 0 heterocycles. The fourth-order valence-corrected chi connectivity index (χ4v) is 3.46. The van der Waals surface area contributed by atoms with E-state index in [1.165, 1.54) is 0 Å². The minimum atomic E-state index is -3.24. The lowest BCUT2D eigenvalue weighted by atomic mass is 10.1. The number of carbonyl (C=O) groups is 1. The number of amides is 1. The molecule has 0 aromatic heterocycles. The molecule has 0 bridgehead atoms. The van der Waals surface area contributed by atoms with Crippen molar-refractivity contribution in [2.24, 2.45) is 11.7 Å². The van der Waals surface area contributed by atoms with E-state index >= 15 is 0 Å². The maximum atomic E-state index is 11.8. The molecule has 0 spiro atoms. The van der Waals surface area contributed by atoms with E-state index in [1.807, 2.05) is 6.92 Å². The fourth-order valence-electron chi connectivity index (χ4n) is 1.87. The van der Waals surface area contributed by atoms with Crippen LogP contribution in [0.1, 0.15) is 46.5 Å². The lowest BCUT2D eigenvalue weighted by Crippen LogP contribution is -2.45. The zero-order valence-electron chi connectivity index (χ0n) is 14.2. The first kappa shape index (κ1) is 21.3. The van der Waals surface area contributed by atoms with Crippen molar-refractivity contribution >= 4 is 15.7 Å². The van der Waals surface area contributed by atoms with Gasteiger partial charge in [0.05, 0.1) is 17.5 Å². The largest absolute Gasteiger partial charge is 0.355 e. The van der Waals surface area contributed by atoms with Crippen molar-refractivity contribution in [2.45, 2.75) is 52.5 Å². The lowest BCUT2D eigenvalue weighted by molar-refractivity contribution is -0.121. The molecule has 0 radical (unpaired) electrons. The first-order valence-corrected chi connectivity index (χ1v) is 10.0. The second-order valence-electron chi connectivity index (χ2n) is 6.15. The van der Waals surface area contributed by atoms with Crippen molar-refractivity contribution in [3.63, 3.8) is 0 Å². The number of hydrogen-bond donors (Lipinski definition) is 3. The summed E-state index contributed by atoms with van der Waals surface area (Å²) in [5, 5.41) is 6.00. The van der Waals surface area contributed by atoms with Crippen molar-refractivity contribution in [1.82, 2.24) is 10.6 Å². The molecule has 0 fully saturated rings. The van der Waals surface area contributed by atoms with Crippen LogP contribution < -0.4 is 16.4 Å². The van der Waals surface area contributed by atoms with Gasteiger partial charge in [-0.3, -0.25) is 4.79 Å². The summed E-state index contributed by atoms with van der Waals surface area (Å²) in [6, 6.07) is -0.976. The third-order valence-corrected chi connectivity index (χ3v) is 5.08. The van der Waals surface area contributed by atoms with Crippen LogP contribution in [0.2, 0.25) is 0 Å². The van der Waals surface area contributed by atoms with Crippen molar-refractivity contribution in [3.8, 4) is 0 Å². The lowest BCUT2D eigenvalue weighted by Gasteiger charge is -2.13. The molecular weight excluding hydrogens is 302 g/mol. The maximum absolute atomic E-state index is 11.8. The van der Waals surface area contributed by atoms with E-state index in [0.717, 1.165) is 32.4 Å². The van der Waals surface area contributed by atoms with Gasteiger partial charge in [-0.15, -0.1) is 0 Å². The number of nitrogens with two attached hydrogens (primary N) is 1. The molecule has 0 saturated carbocycles. The summed E-state index contributed by atoms with van der Waals surface area (Å²) in [6.45, 7) is 8.60. The van der Waals surface area contributed by atoms with Crippen LogP contribution in [0, 0.1) is 5.92 Å². The first-order chi connectivity index (χ1) is 10.3. The van der Waals surface area contributed by atoms with Gasteiger partial charge in [0, 0.05) is 6.54 Å². The van der Waals surface area contributed by atoms with E-state index in [9.17, 15) is 13.2 Å². The summed E-state index contributed by atoms with van der Waals surface area (Å²) in [7, 11) is -3.24. The van der Waals surface area contributed by atoms with Gasteiger partial charge in [0.15, 0.2) is 9.84 Å². The number of carbonyl (C=O) groups excluding carboxylic acids is 1. The molecule has 0 rings (SSSR count). The number of unbranched alkanes of at least 4 members (excludes halogenated alkanes) is 1. The van der Waals surface area contributed by atoms with Gasteiger partial charge in [-0.25, -0.2) is 8.42 Å². The van der Waals surface area contributed by atoms with E-state index in [-0.39, 0.29) is 17.4 Å². The zero-order valence-corrected chi connectivity index (χ0v) is 15.0. The highest BCUT2D eigenvalue weighted by atomic mass is 32.2. The Labute approximate surface area is 135 Å². The van der Waals surface area contributed by atoms with Gasteiger partial charge in [-0.05, 0) is 38.3 Å². The highest BCUT2D eigenvalue weighted by Crippen LogP contribution is 1.99. The average molecular weight is 336 g/mol. The fraction of sp³-hybridized carbons (Fsp3) is 0.933. The molecule has 1 atom stereocenters. The normalized spacial score (nSPS) is 13.3. The Kier molecular flexibility index (Phi) is 11.5. The molecule has 7 heteroatoms. The molecule has 0 aromatic carbocycles. The predicted octanol–water partition coefficient (Wildman–Crippen LogP) is 0.671. The second kappa shape index (κ2) is 11.8. The van der Waals surface area contributed by atoms with Gasteiger partial charge in [0.1, 0.15) is 0 Å². The Morgan fingerprint density at radius 2 is 1.82 bits per heavy atom. The smallest absolute Gasteiger partial charge is 0.237 e.